The van der Waals surface area contributed by atoms with E-state index in [4.69, 9.17) is 4.74 Å². The number of fused-ring (bicyclic) bond motifs is 1. The van der Waals surface area contributed by atoms with Gasteiger partial charge in [0.2, 0.25) is 5.91 Å². The Bertz CT molecular complexity index is 1140. The van der Waals surface area contributed by atoms with Crippen LogP contribution in [0.4, 0.5) is 10.1 Å². The number of ether oxygens (including phenoxy) is 1. The lowest BCUT2D eigenvalue weighted by Crippen LogP contribution is -2.44. The van der Waals surface area contributed by atoms with Crippen LogP contribution in [0.2, 0.25) is 0 Å². The van der Waals surface area contributed by atoms with Crippen LogP contribution in [-0.2, 0) is 9.59 Å². The molecule has 0 radical (unpaired) electrons. The molecule has 31 heavy (non-hydrogen) atoms. The van der Waals surface area contributed by atoms with Gasteiger partial charge in [0.25, 0.3) is 5.91 Å². The number of carbonyl (C=O) groups excluding carboxylic acids is 2. The number of hydrogen-bond acceptors (Lipinski definition) is 3. The van der Waals surface area contributed by atoms with Crippen LogP contribution in [0.5, 0.6) is 5.75 Å². The number of para-hydroxylation sites is 2. The highest BCUT2D eigenvalue weighted by Gasteiger charge is 2.32. The molecular weight excluding hydrogens is 395 g/mol. The van der Waals surface area contributed by atoms with E-state index in [9.17, 15) is 14.0 Å². The van der Waals surface area contributed by atoms with Crippen LogP contribution < -0.4 is 15.0 Å². The fourth-order valence-electron chi connectivity index (χ4n) is 3.41. The number of hydrogen-bond donors (Lipinski definition) is 1. The van der Waals surface area contributed by atoms with Crippen molar-refractivity contribution >= 4 is 23.6 Å². The zero-order chi connectivity index (χ0) is 21.8. The number of nitrogens with zero attached hydrogens (tertiary/aromatic N) is 1. The van der Waals surface area contributed by atoms with Crippen molar-refractivity contribution in [2.75, 3.05) is 11.4 Å². The van der Waals surface area contributed by atoms with E-state index in [-0.39, 0.29) is 29.8 Å². The highest BCUT2D eigenvalue weighted by molar-refractivity contribution is 6.12. The molecule has 0 spiro atoms. The molecule has 0 bridgehead atoms. The second-order valence-corrected chi connectivity index (χ2v) is 7.19. The molecule has 0 saturated heterocycles. The third-order valence-corrected chi connectivity index (χ3v) is 5.00. The van der Waals surface area contributed by atoms with E-state index in [0.29, 0.717) is 11.4 Å². The monoisotopic (exact) mass is 416 g/mol. The van der Waals surface area contributed by atoms with E-state index in [0.717, 1.165) is 5.56 Å². The highest BCUT2D eigenvalue weighted by atomic mass is 19.1. The summed E-state index contributed by atoms with van der Waals surface area (Å²) in [6.07, 6.45) is 1.35. The highest BCUT2D eigenvalue weighted by Crippen LogP contribution is 2.35. The van der Waals surface area contributed by atoms with Crippen LogP contribution in [0, 0.1) is 5.82 Å². The first-order valence-corrected chi connectivity index (χ1v) is 9.92. The normalized spacial score (nSPS) is 15.2. The number of nitrogens with one attached hydrogen (secondary N) is 1. The summed E-state index contributed by atoms with van der Waals surface area (Å²) in [6.45, 7) is 1.69. The quantitative estimate of drug-likeness (QED) is 0.625. The number of anilines is 1. The molecule has 6 heteroatoms. The first-order valence-electron chi connectivity index (χ1n) is 9.92. The molecule has 156 valence electrons. The van der Waals surface area contributed by atoms with Crippen molar-refractivity contribution in [2.45, 2.75) is 13.0 Å². The minimum atomic E-state index is -0.510. The van der Waals surface area contributed by atoms with Gasteiger partial charge in [0.1, 0.15) is 12.4 Å². The predicted octanol–water partition coefficient (Wildman–Crippen LogP) is 4.47. The Morgan fingerprint density at radius 2 is 1.71 bits per heavy atom. The predicted molar refractivity (Wildman–Crippen MR) is 117 cm³/mol. The second-order valence-electron chi connectivity index (χ2n) is 7.19. The molecule has 0 aliphatic carbocycles. The van der Waals surface area contributed by atoms with Gasteiger partial charge in [0.05, 0.1) is 11.7 Å². The molecule has 3 aromatic rings. The van der Waals surface area contributed by atoms with Gasteiger partial charge in [-0.15, -0.1) is 0 Å². The molecule has 0 aromatic heterocycles. The fraction of sp³-hybridized carbons (Fsp3) is 0.120. The summed E-state index contributed by atoms with van der Waals surface area (Å²) < 4.78 is 19.8. The maximum atomic E-state index is 14.1. The van der Waals surface area contributed by atoms with Gasteiger partial charge in [-0.05, 0) is 36.8 Å². The summed E-state index contributed by atoms with van der Waals surface area (Å²) in [7, 11) is 0. The average molecular weight is 416 g/mol. The molecule has 0 saturated carbocycles. The smallest absolute Gasteiger partial charge is 0.294 e. The molecule has 2 amide bonds. The summed E-state index contributed by atoms with van der Waals surface area (Å²) in [5.41, 5.74) is 1.68. The third kappa shape index (κ3) is 4.48. The summed E-state index contributed by atoms with van der Waals surface area (Å²) in [5, 5.41) is 2.92. The van der Waals surface area contributed by atoms with Crippen LogP contribution in [0.25, 0.3) is 6.08 Å². The Morgan fingerprint density at radius 1 is 1.03 bits per heavy atom. The van der Waals surface area contributed by atoms with E-state index >= 15 is 0 Å². The van der Waals surface area contributed by atoms with Crippen LogP contribution in [-0.4, -0.2) is 18.4 Å². The zero-order valence-electron chi connectivity index (χ0n) is 16.9. The van der Waals surface area contributed by atoms with Gasteiger partial charge in [-0.25, -0.2) is 4.39 Å². The Kier molecular flexibility index (Phi) is 5.80. The van der Waals surface area contributed by atoms with E-state index in [1.54, 1.807) is 42.5 Å². The first kappa shape index (κ1) is 20.3. The van der Waals surface area contributed by atoms with Crippen molar-refractivity contribution in [3.05, 3.63) is 102 Å². The lowest BCUT2D eigenvalue weighted by Gasteiger charge is -2.30. The number of amides is 2. The number of carbonyl (C=O) groups is 2. The molecule has 1 unspecified atom stereocenters. The first-order chi connectivity index (χ1) is 15.0. The minimum absolute atomic E-state index is 0.0484. The molecule has 1 aliphatic rings. The SMILES string of the molecule is CC(NC(=O)CN1C(=O)C(=Cc2ccccc2F)Oc2ccccc21)c1ccccc1. The van der Waals surface area contributed by atoms with Gasteiger partial charge in [0.15, 0.2) is 11.5 Å². The Morgan fingerprint density at radius 3 is 2.48 bits per heavy atom. The van der Waals surface area contributed by atoms with Crippen molar-refractivity contribution in [1.82, 2.24) is 5.32 Å². The molecule has 0 fully saturated rings. The molecular formula is C25H21FN2O3. The number of rotatable bonds is 5. The molecule has 1 N–H and O–H groups in total. The second kappa shape index (κ2) is 8.83. The summed E-state index contributed by atoms with van der Waals surface area (Å²) >= 11 is 0. The van der Waals surface area contributed by atoms with Crippen molar-refractivity contribution in [2.24, 2.45) is 0 Å². The Labute approximate surface area is 179 Å². The van der Waals surface area contributed by atoms with E-state index in [1.807, 2.05) is 37.3 Å². The topological polar surface area (TPSA) is 58.6 Å². The minimum Gasteiger partial charge on any atom is -0.449 e. The van der Waals surface area contributed by atoms with Gasteiger partial charge < -0.3 is 10.1 Å². The third-order valence-electron chi connectivity index (χ3n) is 5.00. The molecule has 4 rings (SSSR count). The summed E-state index contributed by atoms with van der Waals surface area (Å²) in [6, 6.07) is 22.4. The van der Waals surface area contributed by atoms with Gasteiger partial charge in [-0.1, -0.05) is 60.7 Å². The largest absolute Gasteiger partial charge is 0.449 e. The van der Waals surface area contributed by atoms with Crippen molar-refractivity contribution in [3.63, 3.8) is 0 Å². The lowest BCUT2D eigenvalue weighted by molar-refractivity contribution is -0.123. The Balaban J connectivity index is 1.59. The van der Waals surface area contributed by atoms with Gasteiger partial charge >= 0.3 is 0 Å². The fourth-order valence-corrected chi connectivity index (χ4v) is 3.41. The van der Waals surface area contributed by atoms with Crippen molar-refractivity contribution < 1.29 is 18.7 Å². The van der Waals surface area contributed by atoms with E-state index < -0.39 is 11.7 Å². The van der Waals surface area contributed by atoms with Gasteiger partial charge in [-0.2, -0.15) is 0 Å². The van der Waals surface area contributed by atoms with Crippen LogP contribution in [0.15, 0.2) is 84.6 Å². The molecule has 1 heterocycles. The standard InChI is InChI=1S/C25H21FN2O3/c1-17(18-9-3-2-4-10-18)27-24(29)16-28-21-13-7-8-14-22(21)31-23(25(28)30)15-19-11-5-6-12-20(19)26/h2-15,17H,16H2,1H3,(H,27,29). The maximum Gasteiger partial charge on any atom is 0.294 e. The van der Waals surface area contributed by atoms with Crippen LogP contribution in [0.3, 0.4) is 0 Å². The molecule has 5 nitrogen and oxygen atoms in total. The molecule has 1 aliphatic heterocycles. The number of benzene rings is 3. The summed E-state index contributed by atoms with van der Waals surface area (Å²) in [4.78, 5) is 27.2. The summed E-state index contributed by atoms with van der Waals surface area (Å²) in [5.74, 6) is -0.913. The van der Waals surface area contributed by atoms with E-state index in [2.05, 4.69) is 5.32 Å². The van der Waals surface area contributed by atoms with Gasteiger partial charge in [-0.3, -0.25) is 14.5 Å². The average Bonchev–Trinajstić information content (AvgIpc) is 2.78. The molecule has 3 aromatic carbocycles. The Hall–Kier alpha value is -3.93. The van der Waals surface area contributed by atoms with Gasteiger partial charge in [0, 0.05) is 5.56 Å². The zero-order valence-corrected chi connectivity index (χ0v) is 16.9. The lowest BCUT2D eigenvalue weighted by atomic mass is 10.1. The van der Waals surface area contributed by atoms with E-state index in [1.165, 1.54) is 17.0 Å². The van der Waals surface area contributed by atoms with Crippen molar-refractivity contribution in [3.8, 4) is 5.75 Å². The van der Waals surface area contributed by atoms with Crippen LogP contribution >= 0.6 is 0 Å². The molecule has 1 atom stereocenters. The number of halogens is 1. The maximum absolute atomic E-state index is 14.1. The van der Waals surface area contributed by atoms with Crippen LogP contribution in [0.1, 0.15) is 24.1 Å². The van der Waals surface area contributed by atoms with Crippen molar-refractivity contribution in [1.29, 1.82) is 0 Å².